The van der Waals surface area contributed by atoms with Crippen LogP contribution in [-0.4, -0.2) is 0 Å². The second-order valence-electron chi connectivity index (χ2n) is 1.34. The quantitative estimate of drug-likeness (QED) is 0.651. The van der Waals surface area contributed by atoms with Gasteiger partial charge in [0.1, 0.15) is 10.9 Å². The molecule has 0 aliphatic rings. The molecule has 1 heterocycles. The Balaban J connectivity index is 3.20. The Morgan fingerprint density at radius 1 is 1.78 bits per heavy atom. The molecule has 0 atom stereocenters. The summed E-state index contributed by atoms with van der Waals surface area (Å²) in [5.41, 5.74) is 0. The molecule has 4 heteroatoms. The van der Waals surface area contributed by atoms with Crippen molar-refractivity contribution in [3.05, 3.63) is 19.6 Å². The fourth-order valence-corrected chi connectivity index (χ4v) is 1.91. The summed E-state index contributed by atoms with van der Waals surface area (Å²) in [6.45, 7) is 0. The zero-order chi connectivity index (χ0) is 6.85. The van der Waals surface area contributed by atoms with Crippen LogP contribution in [0.4, 0.5) is 4.39 Å². The van der Waals surface area contributed by atoms with Crippen molar-refractivity contribution in [3.63, 3.8) is 0 Å². The minimum atomic E-state index is -0.410. The summed E-state index contributed by atoms with van der Waals surface area (Å²) in [5.74, 6) is -0.410. The van der Waals surface area contributed by atoms with Crippen LogP contribution >= 0.6 is 33.9 Å². The van der Waals surface area contributed by atoms with Gasteiger partial charge in [0, 0.05) is 0 Å². The maximum absolute atomic E-state index is 12.4. The number of rotatable bonds is 0. The molecule has 1 aromatic rings. The van der Waals surface area contributed by atoms with Gasteiger partial charge in [-0.15, -0.1) is 11.3 Å². The highest BCUT2D eigenvalue weighted by molar-refractivity contribution is 14.1. The Morgan fingerprint density at radius 3 is 2.67 bits per heavy atom. The van der Waals surface area contributed by atoms with Crippen LogP contribution in [0.5, 0.6) is 0 Å². The molecule has 0 N–H and O–H groups in total. The van der Waals surface area contributed by atoms with Crippen molar-refractivity contribution in [2.75, 3.05) is 0 Å². The second kappa shape index (κ2) is 2.62. The van der Waals surface area contributed by atoms with Crippen LogP contribution in [0.3, 0.4) is 0 Å². The molecule has 0 unspecified atom stereocenters. The maximum Gasteiger partial charge on any atom is 0.152 e. The summed E-state index contributed by atoms with van der Waals surface area (Å²) >= 11 is 3.14. The van der Waals surface area contributed by atoms with Crippen LogP contribution in [0.25, 0.3) is 0 Å². The number of halogens is 2. The normalized spacial score (nSPS) is 9.00. The van der Waals surface area contributed by atoms with E-state index >= 15 is 0 Å². The van der Waals surface area contributed by atoms with E-state index in [1.54, 1.807) is 6.07 Å². The summed E-state index contributed by atoms with van der Waals surface area (Å²) < 4.78 is 13.2. The molecule has 46 valence electrons. The predicted molar refractivity (Wildman–Crippen MR) is 41.7 cm³/mol. The van der Waals surface area contributed by atoms with E-state index in [1.165, 1.54) is 6.07 Å². The lowest BCUT2D eigenvalue weighted by Crippen LogP contribution is -1.66. The number of nitrogens with zero attached hydrogens (tertiary/aromatic N) is 1. The van der Waals surface area contributed by atoms with E-state index in [0.29, 0.717) is 0 Å². The Morgan fingerprint density at radius 2 is 2.44 bits per heavy atom. The molecule has 0 spiro atoms. The topological polar surface area (TPSA) is 23.8 Å². The predicted octanol–water partition coefficient (Wildman–Crippen LogP) is 2.36. The van der Waals surface area contributed by atoms with Crippen LogP contribution < -0.4 is 0 Å². The van der Waals surface area contributed by atoms with E-state index < -0.39 is 5.82 Å². The van der Waals surface area contributed by atoms with Gasteiger partial charge in [-0.2, -0.15) is 5.26 Å². The summed E-state index contributed by atoms with van der Waals surface area (Å²) in [6, 6.07) is 3.11. The highest BCUT2D eigenvalue weighted by Crippen LogP contribution is 2.20. The van der Waals surface area contributed by atoms with Gasteiger partial charge in [0.25, 0.3) is 0 Å². The summed E-state index contributed by atoms with van der Waals surface area (Å²) in [5, 5.41) is 8.25. The molecular formula is C5HFINS. The molecule has 1 nitrogen and oxygen atoms in total. The fraction of sp³-hybridized carbons (Fsp3) is 0. The molecular weight excluding hydrogens is 252 g/mol. The fourth-order valence-electron chi connectivity index (χ4n) is 0.417. The SMILES string of the molecule is N#Cc1sc(I)cc1F. The van der Waals surface area contributed by atoms with Crippen molar-refractivity contribution in [1.82, 2.24) is 0 Å². The Hall–Kier alpha value is -0.150. The van der Waals surface area contributed by atoms with Crippen molar-refractivity contribution in [3.8, 4) is 6.07 Å². The van der Waals surface area contributed by atoms with Gasteiger partial charge in [0.15, 0.2) is 5.82 Å². The highest BCUT2D eigenvalue weighted by Gasteiger charge is 2.04. The van der Waals surface area contributed by atoms with E-state index in [9.17, 15) is 4.39 Å². The van der Waals surface area contributed by atoms with Gasteiger partial charge in [-0.3, -0.25) is 0 Å². The lowest BCUT2D eigenvalue weighted by molar-refractivity contribution is 0.629. The molecule has 9 heavy (non-hydrogen) atoms. The molecule has 0 amide bonds. The van der Waals surface area contributed by atoms with Gasteiger partial charge in [0.2, 0.25) is 0 Å². The molecule has 0 saturated heterocycles. The van der Waals surface area contributed by atoms with Crippen LogP contribution in [0.2, 0.25) is 0 Å². The third-order valence-electron chi connectivity index (χ3n) is 0.758. The smallest absolute Gasteiger partial charge is 0.152 e. The maximum atomic E-state index is 12.4. The first-order valence-electron chi connectivity index (χ1n) is 2.09. The summed E-state index contributed by atoms with van der Waals surface area (Å²) in [6.07, 6.45) is 0. The Labute approximate surface area is 69.3 Å². The number of nitriles is 1. The molecule has 0 saturated carbocycles. The molecule has 0 aliphatic heterocycles. The number of thiophene rings is 1. The van der Waals surface area contributed by atoms with Gasteiger partial charge in [-0.1, -0.05) is 0 Å². The lowest BCUT2D eigenvalue weighted by Gasteiger charge is -1.71. The van der Waals surface area contributed by atoms with Gasteiger partial charge in [0.05, 0.1) is 2.88 Å². The van der Waals surface area contributed by atoms with Gasteiger partial charge in [-0.25, -0.2) is 4.39 Å². The van der Waals surface area contributed by atoms with Gasteiger partial charge in [-0.05, 0) is 28.7 Å². The van der Waals surface area contributed by atoms with E-state index in [0.717, 1.165) is 14.2 Å². The first-order chi connectivity index (χ1) is 4.24. The molecule has 0 bridgehead atoms. The van der Waals surface area contributed by atoms with Crippen LogP contribution in [-0.2, 0) is 0 Å². The average molecular weight is 253 g/mol. The lowest BCUT2D eigenvalue weighted by atomic mass is 10.5. The third-order valence-corrected chi connectivity index (χ3v) is 2.53. The standard InChI is InChI=1S/C5HFINS/c6-3-1-5(7)9-4(3)2-8/h1H. The first-order valence-corrected chi connectivity index (χ1v) is 3.98. The molecule has 1 rings (SSSR count). The summed E-state index contributed by atoms with van der Waals surface area (Å²) in [4.78, 5) is 0.166. The van der Waals surface area contributed by atoms with Gasteiger partial charge >= 0.3 is 0 Å². The van der Waals surface area contributed by atoms with Crippen molar-refractivity contribution in [1.29, 1.82) is 5.26 Å². The third kappa shape index (κ3) is 1.40. The van der Waals surface area contributed by atoms with E-state index in [4.69, 9.17) is 5.26 Å². The second-order valence-corrected chi connectivity index (χ2v) is 4.29. The van der Waals surface area contributed by atoms with E-state index in [1.807, 2.05) is 22.6 Å². The number of hydrogen-bond acceptors (Lipinski definition) is 2. The Kier molecular flexibility index (Phi) is 2.03. The van der Waals surface area contributed by atoms with Crippen LogP contribution in [0.1, 0.15) is 4.88 Å². The van der Waals surface area contributed by atoms with Gasteiger partial charge < -0.3 is 0 Å². The minimum Gasteiger partial charge on any atom is -0.205 e. The zero-order valence-electron chi connectivity index (χ0n) is 4.19. The molecule has 0 fully saturated rings. The number of hydrogen-bond donors (Lipinski definition) is 0. The minimum absolute atomic E-state index is 0.166. The van der Waals surface area contributed by atoms with E-state index in [-0.39, 0.29) is 4.88 Å². The summed E-state index contributed by atoms with van der Waals surface area (Å²) in [7, 11) is 0. The van der Waals surface area contributed by atoms with Crippen molar-refractivity contribution >= 4 is 33.9 Å². The Bertz CT molecular complexity index is 262. The van der Waals surface area contributed by atoms with Crippen molar-refractivity contribution in [2.24, 2.45) is 0 Å². The average Bonchev–Trinajstić information content (AvgIpc) is 2.10. The molecule has 0 radical (unpaired) electrons. The van der Waals surface area contributed by atoms with Crippen LogP contribution in [0, 0.1) is 20.0 Å². The van der Waals surface area contributed by atoms with Crippen molar-refractivity contribution < 1.29 is 4.39 Å². The molecule has 0 aliphatic carbocycles. The zero-order valence-corrected chi connectivity index (χ0v) is 7.16. The molecule has 1 aromatic heterocycles. The van der Waals surface area contributed by atoms with E-state index in [2.05, 4.69) is 0 Å². The molecule has 0 aromatic carbocycles. The largest absolute Gasteiger partial charge is 0.205 e. The first kappa shape index (κ1) is 6.96. The highest BCUT2D eigenvalue weighted by atomic mass is 127. The van der Waals surface area contributed by atoms with Crippen molar-refractivity contribution in [2.45, 2.75) is 0 Å². The monoisotopic (exact) mass is 253 g/mol. The van der Waals surface area contributed by atoms with Crippen LogP contribution in [0.15, 0.2) is 6.07 Å².